The van der Waals surface area contributed by atoms with Crippen LogP contribution in [0.2, 0.25) is 0 Å². The Bertz CT molecular complexity index is 631. The maximum atomic E-state index is 3.07. The maximum absolute atomic E-state index is 3.07. The van der Waals surface area contributed by atoms with Crippen molar-refractivity contribution in [1.29, 1.82) is 0 Å². The smallest absolute Gasteiger partial charge is 0.00927 e. The van der Waals surface area contributed by atoms with Gasteiger partial charge in [-0.2, -0.15) is 0 Å². The van der Waals surface area contributed by atoms with Crippen LogP contribution < -0.4 is 5.32 Å². The van der Waals surface area contributed by atoms with Gasteiger partial charge in [0, 0.05) is 12.5 Å². The molecule has 2 aromatic carbocycles. The lowest BCUT2D eigenvalue weighted by molar-refractivity contribution is 0.665. The summed E-state index contributed by atoms with van der Waals surface area (Å²) in [6, 6.07) is 15.6. The molecule has 23 heavy (non-hydrogen) atoms. The minimum Gasteiger partial charge on any atom is -0.394 e. The summed E-state index contributed by atoms with van der Waals surface area (Å²) in [7, 11) is 1.93. The third kappa shape index (κ3) is 5.28. The van der Waals surface area contributed by atoms with Gasteiger partial charge in [0.1, 0.15) is 0 Å². The monoisotopic (exact) mass is 309 g/mol. The third-order valence-corrected chi connectivity index (χ3v) is 3.83. The Morgan fingerprint density at radius 1 is 0.870 bits per heavy atom. The number of nitrogens with one attached hydrogen (secondary N) is 1. The zero-order chi connectivity index (χ0) is 17.5. The van der Waals surface area contributed by atoms with Crippen LogP contribution in [0, 0.1) is 13.8 Å². The van der Waals surface area contributed by atoms with Crippen molar-refractivity contribution in [3.63, 3.8) is 0 Å². The van der Waals surface area contributed by atoms with Gasteiger partial charge in [-0.15, -0.1) is 0 Å². The van der Waals surface area contributed by atoms with E-state index in [0.29, 0.717) is 0 Å². The quantitative estimate of drug-likeness (QED) is 0.729. The van der Waals surface area contributed by atoms with Crippen molar-refractivity contribution in [1.82, 2.24) is 5.32 Å². The van der Waals surface area contributed by atoms with Crippen molar-refractivity contribution < 1.29 is 0 Å². The van der Waals surface area contributed by atoms with Crippen LogP contribution in [0.25, 0.3) is 11.1 Å². The van der Waals surface area contributed by atoms with Gasteiger partial charge in [0.25, 0.3) is 0 Å². The predicted molar refractivity (Wildman–Crippen MR) is 104 cm³/mol. The molecule has 0 aliphatic carbocycles. The largest absolute Gasteiger partial charge is 0.394 e. The second kappa shape index (κ2) is 8.57. The Labute approximate surface area is 142 Å². The zero-order valence-electron chi connectivity index (χ0n) is 15.7. The number of allylic oxidation sites excluding steroid dienone is 1. The molecule has 0 saturated carbocycles. The lowest BCUT2D eigenvalue weighted by Gasteiger charge is -2.22. The second-order valence-electron chi connectivity index (χ2n) is 6.30. The highest BCUT2D eigenvalue weighted by Gasteiger charge is 2.17. The van der Waals surface area contributed by atoms with Crippen LogP contribution in [0.4, 0.5) is 0 Å². The molecule has 0 atom stereocenters. The third-order valence-electron chi connectivity index (χ3n) is 3.83. The fourth-order valence-corrected chi connectivity index (χ4v) is 2.63. The Morgan fingerprint density at radius 3 is 2.04 bits per heavy atom. The molecule has 0 aromatic heterocycles. The summed E-state index contributed by atoms with van der Waals surface area (Å²) in [5, 5.41) is 3.07. The molecular formula is C22H31N. The van der Waals surface area contributed by atoms with Crippen LogP contribution in [0.3, 0.4) is 0 Å². The normalized spacial score (nSPS) is 11.1. The van der Waals surface area contributed by atoms with Gasteiger partial charge in [-0.3, -0.25) is 0 Å². The highest BCUT2D eigenvalue weighted by Crippen LogP contribution is 2.29. The van der Waals surface area contributed by atoms with E-state index in [1.165, 1.54) is 27.8 Å². The Morgan fingerprint density at radius 2 is 1.48 bits per heavy atom. The zero-order valence-corrected chi connectivity index (χ0v) is 15.7. The number of benzene rings is 2. The lowest BCUT2D eigenvalue weighted by Crippen LogP contribution is -2.14. The molecule has 0 fully saturated rings. The van der Waals surface area contributed by atoms with E-state index in [9.17, 15) is 0 Å². The van der Waals surface area contributed by atoms with Crippen LogP contribution in [-0.4, -0.2) is 7.05 Å². The first-order valence-corrected chi connectivity index (χ1v) is 8.46. The van der Waals surface area contributed by atoms with Gasteiger partial charge in [-0.05, 0) is 36.7 Å². The number of aryl methyl sites for hydroxylation is 2. The molecule has 0 aliphatic heterocycles. The summed E-state index contributed by atoms with van der Waals surface area (Å²) in [5.74, 6) is 0. The molecule has 2 rings (SSSR count). The van der Waals surface area contributed by atoms with Gasteiger partial charge in [-0.25, -0.2) is 0 Å². The van der Waals surface area contributed by atoms with E-state index in [4.69, 9.17) is 0 Å². The van der Waals surface area contributed by atoms with Crippen molar-refractivity contribution in [2.75, 3.05) is 7.05 Å². The highest BCUT2D eigenvalue weighted by atomic mass is 14.8. The summed E-state index contributed by atoms with van der Waals surface area (Å²) in [4.78, 5) is 0. The van der Waals surface area contributed by atoms with Gasteiger partial charge < -0.3 is 5.32 Å². The Hall–Kier alpha value is -2.02. The molecule has 2 aromatic rings. The first-order valence-electron chi connectivity index (χ1n) is 8.46. The number of rotatable bonds is 4. The fourth-order valence-electron chi connectivity index (χ4n) is 2.63. The summed E-state index contributed by atoms with van der Waals surface area (Å²) in [6.45, 7) is 12.8. The van der Waals surface area contributed by atoms with E-state index in [-0.39, 0.29) is 5.41 Å². The fraction of sp³-hybridized carbons (Fsp3) is 0.364. The van der Waals surface area contributed by atoms with Crippen LogP contribution >= 0.6 is 0 Å². The maximum Gasteiger partial charge on any atom is 0.00927 e. The lowest BCUT2D eigenvalue weighted by atomic mass is 9.83. The number of hydrogen-bond acceptors (Lipinski definition) is 1. The average Bonchev–Trinajstić information content (AvgIpc) is 2.54. The topological polar surface area (TPSA) is 12.0 Å². The molecule has 1 nitrogen and oxygen atoms in total. The molecule has 0 saturated heterocycles. The average molecular weight is 309 g/mol. The van der Waals surface area contributed by atoms with Crippen LogP contribution in [0.5, 0.6) is 0 Å². The number of hydrogen-bond donors (Lipinski definition) is 1. The SMILES string of the molecule is CC.CN/C=C\C(C)(C)c1cccc(-c2cc(C)cc(C)c2)c1. The summed E-state index contributed by atoms with van der Waals surface area (Å²) < 4.78 is 0. The van der Waals surface area contributed by atoms with Crippen LogP contribution in [-0.2, 0) is 5.41 Å². The minimum absolute atomic E-state index is 0.0118. The van der Waals surface area contributed by atoms with Crippen molar-refractivity contribution in [2.24, 2.45) is 0 Å². The molecule has 0 radical (unpaired) electrons. The highest BCUT2D eigenvalue weighted by molar-refractivity contribution is 5.66. The van der Waals surface area contributed by atoms with Gasteiger partial charge in [0.2, 0.25) is 0 Å². The first-order chi connectivity index (χ1) is 10.9. The summed E-state index contributed by atoms with van der Waals surface area (Å²) in [6.07, 6.45) is 4.21. The van der Waals surface area contributed by atoms with Gasteiger partial charge in [0.05, 0.1) is 0 Å². The molecule has 1 heteroatoms. The molecule has 0 spiro atoms. The Kier molecular flexibility index (Phi) is 7.09. The van der Waals surface area contributed by atoms with Gasteiger partial charge in [0.15, 0.2) is 0 Å². The van der Waals surface area contributed by atoms with Crippen molar-refractivity contribution in [3.8, 4) is 11.1 Å². The molecule has 0 bridgehead atoms. The van der Waals surface area contributed by atoms with E-state index in [1.54, 1.807) is 0 Å². The standard InChI is InChI=1S/C20H25N.C2H6/c1-15-11-16(2)13-18(12-15)17-7-6-8-19(14-17)20(3,4)9-10-21-5;1-2/h6-14,21H,1-5H3;1-2H3/b10-9-;. The molecule has 0 heterocycles. The molecular weight excluding hydrogens is 278 g/mol. The summed E-state index contributed by atoms with van der Waals surface area (Å²) >= 11 is 0. The van der Waals surface area contributed by atoms with Crippen molar-refractivity contribution >= 4 is 0 Å². The Balaban J connectivity index is 0.00000127. The molecule has 0 amide bonds. The van der Waals surface area contributed by atoms with E-state index >= 15 is 0 Å². The minimum atomic E-state index is 0.0118. The van der Waals surface area contributed by atoms with E-state index in [1.807, 2.05) is 27.1 Å². The van der Waals surface area contributed by atoms with Crippen LogP contribution in [0.15, 0.2) is 54.7 Å². The van der Waals surface area contributed by atoms with Gasteiger partial charge >= 0.3 is 0 Å². The molecule has 124 valence electrons. The molecule has 1 N–H and O–H groups in total. The first kappa shape index (κ1) is 19.0. The summed E-state index contributed by atoms with van der Waals surface area (Å²) in [5.41, 5.74) is 6.53. The van der Waals surface area contributed by atoms with E-state index in [0.717, 1.165) is 0 Å². The molecule has 0 aliphatic rings. The van der Waals surface area contributed by atoms with Crippen molar-refractivity contribution in [2.45, 2.75) is 47.0 Å². The predicted octanol–water partition coefficient (Wildman–Crippen LogP) is 6.01. The van der Waals surface area contributed by atoms with Crippen LogP contribution in [0.1, 0.15) is 44.4 Å². The molecule has 0 unspecified atom stereocenters. The van der Waals surface area contributed by atoms with Crippen molar-refractivity contribution in [3.05, 3.63) is 71.4 Å². The van der Waals surface area contributed by atoms with E-state index < -0.39 is 0 Å². The van der Waals surface area contributed by atoms with Gasteiger partial charge in [-0.1, -0.05) is 87.4 Å². The second-order valence-corrected chi connectivity index (χ2v) is 6.30. The van der Waals surface area contributed by atoms with E-state index in [2.05, 4.69) is 81.6 Å².